The molecular formula is C25H38O6S. The van der Waals surface area contributed by atoms with Gasteiger partial charge in [-0.05, 0) is 76.3 Å². The third-order valence-electron chi connectivity index (χ3n) is 3.99. The SMILES string of the molecule is CC.CSC1=CCC(C)=C(c2ccc(OCCOCCOCC(=O)OC(C)(C)C)cc2)O1. The minimum atomic E-state index is -0.500. The van der Waals surface area contributed by atoms with Gasteiger partial charge in [-0.25, -0.2) is 4.79 Å². The Balaban J connectivity index is 0.00000249. The fraction of sp³-hybridized carbons (Fsp3) is 0.560. The first-order chi connectivity index (χ1) is 15.3. The van der Waals surface area contributed by atoms with Crippen LogP contribution in [0.25, 0.3) is 5.76 Å². The molecule has 0 aromatic heterocycles. The maximum Gasteiger partial charge on any atom is 0.332 e. The van der Waals surface area contributed by atoms with Crippen LogP contribution in [0.1, 0.15) is 53.5 Å². The summed E-state index contributed by atoms with van der Waals surface area (Å²) in [5.41, 5.74) is 1.75. The van der Waals surface area contributed by atoms with Crippen molar-refractivity contribution < 1.29 is 28.5 Å². The van der Waals surface area contributed by atoms with E-state index >= 15 is 0 Å². The lowest BCUT2D eigenvalue weighted by molar-refractivity contribution is -0.160. The fourth-order valence-electron chi connectivity index (χ4n) is 2.66. The van der Waals surface area contributed by atoms with Crippen LogP contribution in [-0.2, 0) is 23.7 Å². The number of ether oxygens (including phenoxy) is 5. The van der Waals surface area contributed by atoms with Gasteiger partial charge < -0.3 is 23.7 Å². The fourth-order valence-corrected chi connectivity index (χ4v) is 3.07. The summed E-state index contributed by atoms with van der Waals surface area (Å²) >= 11 is 1.61. The molecule has 1 aromatic rings. The molecule has 0 saturated carbocycles. The third kappa shape index (κ3) is 11.1. The van der Waals surface area contributed by atoms with Crippen LogP contribution in [0, 0.1) is 0 Å². The number of benzene rings is 1. The van der Waals surface area contributed by atoms with Crippen molar-refractivity contribution in [1.82, 2.24) is 0 Å². The van der Waals surface area contributed by atoms with Crippen molar-refractivity contribution in [2.45, 2.75) is 53.6 Å². The molecule has 0 unspecified atom stereocenters. The van der Waals surface area contributed by atoms with Gasteiger partial charge in [-0.3, -0.25) is 0 Å². The highest BCUT2D eigenvalue weighted by molar-refractivity contribution is 8.02. The van der Waals surface area contributed by atoms with Crippen molar-refractivity contribution in [3.05, 3.63) is 46.6 Å². The lowest BCUT2D eigenvalue weighted by Crippen LogP contribution is -2.27. The lowest BCUT2D eigenvalue weighted by Gasteiger charge is -2.19. The van der Waals surface area contributed by atoms with Gasteiger partial charge in [0.2, 0.25) is 0 Å². The highest BCUT2D eigenvalue weighted by Gasteiger charge is 2.16. The first kappa shape index (κ1) is 28.1. The maximum atomic E-state index is 11.5. The molecule has 6 nitrogen and oxygen atoms in total. The van der Waals surface area contributed by atoms with Crippen molar-refractivity contribution in [2.75, 3.05) is 39.3 Å². The summed E-state index contributed by atoms with van der Waals surface area (Å²) in [6.45, 7) is 13.1. The van der Waals surface area contributed by atoms with Gasteiger partial charge in [0.1, 0.15) is 30.3 Å². The van der Waals surface area contributed by atoms with Crippen LogP contribution in [0.4, 0.5) is 0 Å². The highest BCUT2D eigenvalue weighted by atomic mass is 32.2. The van der Waals surface area contributed by atoms with Crippen LogP contribution in [0.5, 0.6) is 5.75 Å². The van der Waals surface area contributed by atoms with Gasteiger partial charge >= 0.3 is 5.97 Å². The molecule has 180 valence electrons. The van der Waals surface area contributed by atoms with Crippen molar-refractivity contribution in [3.8, 4) is 5.75 Å². The summed E-state index contributed by atoms with van der Waals surface area (Å²) in [5, 5.41) is 0.933. The Morgan fingerprint density at radius 1 is 1.03 bits per heavy atom. The van der Waals surface area contributed by atoms with Crippen molar-refractivity contribution >= 4 is 23.5 Å². The highest BCUT2D eigenvalue weighted by Crippen LogP contribution is 2.33. The molecule has 0 fully saturated rings. The van der Waals surface area contributed by atoms with E-state index in [1.165, 1.54) is 5.57 Å². The number of rotatable bonds is 11. The van der Waals surface area contributed by atoms with Crippen molar-refractivity contribution in [3.63, 3.8) is 0 Å². The minimum Gasteiger partial charge on any atom is -0.491 e. The Labute approximate surface area is 197 Å². The molecule has 2 rings (SSSR count). The predicted molar refractivity (Wildman–Crippen MR) is 131 cm³/mol. The van der Waals surface area contributed by atoms with E-state index in [2.05, 4.69) is 13.0 Å². The second-order valence-electron chi connectivity index (χ2n) is 7.77. The molecule has 0 saturated heterocycles. The zero-order valence-electron chi connectivity index (χ0n) is 20.5. The smallest absolute Gasteiger partial charge is 0.332 e. The van der Waals surface area contributed by atoms with E-state index in [1.807, 2.05) is 65.1 Å². The van der Waals surface area contributed by atoms with Crippen LogP contribution in [0.15, 0.2) is 41.0 Å². The molecule has 1 heterocycles. The average molecular weight is 467 g/mol. The topological polar surface area (TPSA) is 63.2 Å². The van der Waals surface area contributed by atoms with Crippen LogP contribution in [0.2, 0.25) is 0 Å². The third-order valence-corrected chi connectivity index (χ3v) is 4.64. The van der Waals surface area contributed by atoms with Crippen LogP contribution in [0.3, 0.4) is 0 Å². The minimum absolute atomic E-state index is 0.0721. The first-order valence-electron chi connectivity index (χ1n) is 11.0. The van der Waals surface area contributed by atoms with Crippen molar-refractivity contribution in [1.29, 1.82) is 0 Å². The monoisotopic (exact) mass is 466 g/mol. The number of thioether (sulfide) groups is 1. The first-order valence-corrected chi connectivity index (χ1v) is 12.2. The molecular weight excluding hydrogens is 428 g/mol. The van der Waals surface area contributed by atoms with Gasteiger partial charge in [-0.15, -0.1) is 0 Å². The van der Waals surface area contributed by atoms with E-state index in [1.54, 1.807) is 11.8 Å². The number of esters is 1. The van der Waals surface area contributed by atoms with E-state index in [9.17, 15) is 4.79 Å². The number of carbonyl (C=O) groups is 1. The van der Waals surface area contributed by atoms with E-state index < -0.39 is 5.60 Å². The van der Waals surface area contributed by atoms with Gasteiger partial charge in [0, 0.05) is 5.56 Å². The number of hydrogen-bond acceptors (Lipinski definition) is 7. The van der Waals surface area contributed by atoms with Gasteiger partial charge in [0.15, 0.2) is 5.09 Å². The largest absolute Gasteiger partial charge is 0.491 e. The lowest BCUT2D eigenvalue weighted by atomic mass is 10.1. The molecule has 1 aromatic carbocycles. The zero-order chi connectivity index (χ0) is 24.0. The molecule has 0 N–H and O–H groups in total. The summed E-state index contributed by atoms with van der Waals surface area (Å²) < 4.78 is 27.5. The molecule has 0 amide bonds. The molecule has 32 heavy (non-hydrogen) atoms. The standard InChI is InChI=1S/C23H32O6S.C2H6/c1-17-6-11-21(30-5)28-22(17)18-7-9-19(10-8-18)27-15-14-25-12-13-26-16-20(24)29-23(2,3)4;1-2/h7-11H,6,12-16H2,1-5H3;1-2H3. The maximum absolute atomic E-state index is 11.5. The summed E-state index contributed by atoms with van der Waals surface area (Å²) in [6, 6.07) is 7.87. The second-order valence-corrected chi connectivity index (χ2v) is 8.58. The Hall–Kier alpha value is -1.96. The summed E-state index contributed by atoms with van der Waals surface area (Å²) in [6.07, 6.45) is 5.02. The van der Waals surface area contributed by atoms with Gasteiger partial charge in [0.05, 0.1) is 19.8 Å². The van der Waals surface area contributed by atoms with Crippen LogP contribution >= 0.6 is 11.8 Å². The van der Waals surface area contributed by atoms with Crippen LogP contribution < -0.4 is 4.74 Å². The molecule has 0 aliphatic carbocycles. The molecule has 0 atom stereocenters. The zero-order valence-corrected chi connectivity index (χ0v) is 21.3. The predicted octanol–water partition coefficient (Wildman–Crippen LogP) is 5.82. The number of carbonyl (C=O) groups excluding carboxylic acids is 1. The number of hydrogen-bond donors (Lipinski definition) is 0. The Bertz CT molecular complexity index is 747. The van der Waals surface area contributed by atoms with Gasteiger partial charge in [-0.1, -0.05) is 25.6 Å². The number of allylic oxidation sites excluding steroid dienone is 2. The molecule has 1 aliphatic heterocycles. The Kier molecular flexibility index (Phi) is 13.1. The normalized spacial score (nSPS) is 13.5. The molecule has 1 aliphatic rings. The summed E-state index contributed by atoms with van der Waals surface area (Å²) in [7, 11) is 0. The summed E-state index contributed by atoms with van der Waals surface area (Å²) in [5.74, 6) is 1.32. The van der Waals surface area contributed by atoms with E-state index in [0.717, 1.165) is 28.6 Å². The average Bonchev–Trinajstić information content (AvgIpc) is 2.76. The van der Waals surface area contributed by atoms with Gasteiger partial charge in [-0.2, -0.15) is 0 Å². The van der Waals surface area contributed by atoms with E-state index in [-0.39, 0.29) is 12.6 Å². The van der Waals surface area contributed by atoms with E-state index in [4.69, 9.17) is 23.7 Å². The Morgan fingerprint density at radius 3 is 2.28 bits per heavy atom. The van der Waals surface area contributed by atoms with Gasteiger partial charge in [0.25, 0.3) is 0 Å². The van der Waals surface area contributed by atoms with E-state index in [0.29, 0.717) is 26.4 Å². The second kappa shape index (κ2) is 15.0. The molecule has 7 heteroatoms. The van der Waals surface area contributed by atoms with Crippen molar-refractivity contribution in [2.24, 2.45) is 0 Å². The molecule has 0 spiro atoms. The molecule has 0 radical (unpaired) electrons. The van der Waals surface area contributed by atoms with Crippen LogP contribution in [-0.4, -0.2) is 50.9 Å². The quantitative estimate of drug-likeness (QED) is 0.301. The Morgan fingerprint density at radius 2 is 1.66 bits per heavy atom. The molecule has 0 bridgehead atoms. The summed E-state index contributed by atoms with van der Waals surface area (Å²) in [4.78, 5) is 11.5.